The molecule has 0 fully saturated rings. The van der Waals surface area contributed by atoms with Gasteiger partial charge in [-0.15, -0.1) is 0 Å². The molecule has 0 spiro atoms. The van der Waals surface area contributed by atoms with Gasteiger partial charge in [-0.05, 0) is 42.7 Å². The highest BCUT2D eigenvalue weighted by Gasteiger charge is 2.37. The van der Waals surface area contributed by atoms with Gasteiger partial charge in [-0.1, -0.05) is 58.4 Å². The Morgan fingerprint density at radius 2 is 1.95 bits per heavy atom. The van der Waals surface area contributed by atoms with Crippen molar-refractivity contribution in [3.05, 3.63) is 35.4 Å². The van der Waals surface area contributed by atoms with Crippen LogP contribution in [0.3, 0.4) is 0 Å². The van der Waals surface area contributed by atoms with Crippen LogP contribution in [-0.4, -0.2) is 12.6 Å². The molecule has 112 valence electrons. The molecule has 1 aromatic rings. The molecule has 0 amide bonds. The summed E-state index contributed by atoms with van der Waals surface area (Å²) in [4.78, 5) is 0. The van der Waals surface area contributed by atoms with Crippen LogP contribution in [0.2, 0.25) is 0 Å². The van der Waals surface area contributed by atoms with Crippen LogP contribution in [0.1, 0.15) is 64.5 Å². The molecule has 2 rings (SSSR count). The van der Waals surface area contributed by atoms with Crippen molar-refractivity contribution >= 4 is 0 Å². The third-order valence-electron chi connectivity index (χ3n) is 4.97. The highest BCUT2D eigenvalue weighted by atomic mass is 14.9. The van der Waals surface area contributed by atoms with E-state index >= 15 is 0 Å². The summed E-state index contributed by atoms with van der Waals surface area (Å²) < 4.78 is 0. The first-order valence-corrected chi connectivity index (χ1v) is 8.39. The van der Waals surface area contributed by atoms with Crippen LogP contribution in [0.4, 0.5) is 0 Å². The Kier molecular flexibility index (Phi) is 5.26. The monoisotopic (exact) mass is 273 g/mol. The summed E-state index contributed by atoms with van der Waals surface area (Å²) in [5, 5.41) is 3.73. The number of rotatable bonds is 6. The molecule has 0 heterocycles. The Morgan fingerprint density at radius 1 is 1.20 bits per heavy atom. The van der Waals surface area contributed by atoms with E-state index in [1.165, 1.54) is 32.1 Å². The van der Waals surface area contributed by atoms with E-state index in [0.717, 1.165) is 12.5 Å². The number of nitrogens with one attached hydrogen (secondary N) is 1. The molecule has 1 aromatic carbocycles. The summed E-state index contributed by atoms with van der Waals surface area (Å²) >= 11 is 0. The minimum absolute atomic E-state index is 0.356. The molecule has 0 saturated heterocycles. The standard InChI is InChI=1S/C19H31N/c1-5-16(4)13-19(14-20-15(2)3)12-8-10-17-9-6-7-11-18(17)19/h6-7,9,11,15-16,20H,5,8,10,12-14H2,1-4H3. The highest BCUT2D eigenvalue weighted by Crippen LogP contribution is 2.42. The molecular formula is C19H31N. The molecule has 0 aliphatic heterocycles. The lowest BCUT2D eigenvalue weighted by atomic mass is 9.65. The molecule has 0 saturated carbocycles. The predicted molar refractivity (Wildman–Crippen MR) is 88.3 cm³/mol. The summed E-state index contributed by atoms with van der Waals surface area (Å²) in [6.45, 7) is 10.4. The second-order valence-corrected chi connectivity index (χ2v) is 7.04. The van der Waals surface area contributed by atoms with Crippen molar-refractivity contribution in [1.82, 2.24) is 5.32 Å². The van der Waals surface area contributed by atoms with Gasteiger partial charge in [-0.3, -0.25) is 0 Å². The third-order valence-corrected chi connectivity index (χ3v) is 4.97. The summed E-state index contributed by atoms with van der Waals surface area (Å²) in [5.74, 6) is 0.801. The average Bonchev–Trinajstić information content (AvgIpc) is 2.45. The van der Waals surface area contributed by atoms with Crippen LogP contribution >= 0.6 is 0 Å². The van der Waals surface area contributed by atoms with Gasteiger partial charge in [0, 0.05) is 18.0 Å². The highest BCUT2D eigenvalue weighted by molar-refractivity contribution is 5.37. The average molecular weight is 273 g/mol. The second-order valence-electron chi connectivity index (χ2n) is 7.04. The molecule has 0 bridgehead atoms. The van der Waals surface area contributed by atoms with Gasteiger partial charge in [-0.2, -0.15) is 0 Å². The SMILES string of the molecule is CCC(C)CC1(CNC(C)C)CCCc2ccccc21. The van der Waals surface area contributed by atoms with Crippen molar-refractivity contribution < 1.29 is 0 Å². The summed E-state index contributed by atoms with van der Waals surface area (Å²) in [5.41, 5.74) is 3.57. The van der Waals surface area contributed by atoms with Gasteiger partial charge in [0.05, 0.1) is 0 Å². The zero-order valence-electron chi connectivity index (χ0n) is 13.7. The Bertz CT molecular complexity index is 424. The zero-order chi connectivity index (χ0) is 14.6. The van der Waals surface area contributed by atoms with Gasteiger partial charge >= 0.3 is 0 Å². The quantitative estimate of drug-likeness (QED) is 0.792. The van der Waals surface area contributed by atoms with E-state index in [1.54, 1.807) is 11.1 Å². The zero-order valence-corrected chi connectivity index (χ0v) is 13.7. The number of hydrogen-bond donors (Lipinski definition) is 1. The van der Waals surface area contributed by atoms with Gasteiger partial charge in [0.1, 0.15) is 0 Å². The van der Waals surface area contributed by atoms with Crippen molar-refractivity contribution in [2.75, 3.05) is 6.54 Å². The molecule has 0 aromatic heterocycles. The normalized spacial score (nSPS) is 23.6. The molecule has 1 nitrogen and oxygen atoms in total. The third kappa shape index (κ3) is 3.44. The van der Waals surface area contributed by atoms with Crippen molar-refractivity contribution in [1.29, 1.82) is 0 Å². The largest absolute Gasteiger partial charge is 0.314 e. The topological polar surface area (TPSA) is 12.0 Å². The first kappa shape index (κ1) is 15.6. The summed E-state index contributed by atoms with van der Waals surface area (Å²) in [6, 6.07) is 9.73. The summed E-state index contributed by atoms with van der Waals surface area (Å²) in [6.07, 6.45) is 6.55. The van der Waals surface area contributed by atoms with Crippen LogP contribution in [0.25, 0.3) is 0 Å². The van der Waals surface area contributed by atoms with E-state index in [2.05, 4.69) is 57.3 Å². The Morgan fingerprint density at radius 3 is 2.65 bits per heavy atom. The van der Waals surface area contributed by atoms with Crippen LogP contribution in [0.15, 0.2) is 24.3 Å². The van der Waals surface area contributed by atoms with Gasteiger partial charge in [0.2, 0.25) is 0 Å². The maximum absolute atomic E-state index is 3.73. The van der Waals surface area contributed by atoms with Gasteiger partial charge in [0.15, 0.2) is 0 Å². The van der Waals surface area contributed by atoms with Crippen molar-refractivity contribution in [3.8, 4) is 0 Å². The fourth-order valence-electron chi connectivity index (χ4n) is 3.69. The lowest BCUT2D eigenvalue weighted by Gasteiger charge is -2.42. The molecule has 0 radical (unpaired) electrons. The van der Waals surface area contributed by atoms with E-state index in [0.29, 0.717) is 11.5 Å². The molecule has 1 aliphatic carbocycles. The van der Waals surface area contributed by atoms with Crippen molar-refractivity contribution in [3.63, 3.8) is 0 Å². The number of hydrogen-bond acceptors (Lipinski definition) is 1. The van der Waals surface area contributed by atoms with Crippen LogP contribution in [-0.2, 0) is 11.8 Å². The van der Waals surface area contributed by atoms with E-state index in [9.17, 15) is 0 Å². The minimum Gasteiger partial charge on any atom is -0.314 e. The number of fused-ring (bicyclic) bond motifs is 1. The predicted octanol–water partition coefficient (Wildman–Crippen LogP) is 4.69. The fraction of sp³-hybridized carbons (Fsp3) is 0.684. The molecule has 2 atom stereocenters. The van der Waals surface area contributed by atoms with Gasteiger partial charge < -0.3 is 5.32 Å². The first-order chi connectivity index (χ1) is 9.57. The lowest BCUT2D eigenvalue weighted by Crippen LogP contribution is -2.44. The summed E-state index contributed by atoms with van der Waals surface area (Å²) in [7, 11) is 0. The Labute approximate surface area is 125 Å². The molecule has 2 unspecified atom stereocenters. The molecule has 1 aliphatic rings. The van der Waals surface area contributed by atoms with Crippen LogP contribution < -0.4 is 5.32 Å². The van der Waals surface area contributed by atoms with E-state index in [-0.39, 0.29) is 0 Å². The maximum Gasteiger partial charge on any atom is 0.00832 e. The maximum atomic E-state index is 3.73. The lowest BCUT2D eigenvalue weighted by molar-refractivity contribution is 0.263. The second kappa shape index (κ2) is 6.76. The molecule has 1 heteroatoms. The van der Waals surface area contributed by atoms with Crippen molar-refractivity contribution in [2.24, 2.45) is 5.92 Å². The Balaban J connectivity index is 2.31. The van der Waals surface area contributed by atoms with Crippen LogP contribution in [0, 0.1) is 5.92 Å². The van der Waals surface area contributed by atoms with E-state index in [1.807, 2.05) is 0 Å². The smallest absolute Gasteiger partial charge is 0.00832 e. The van der Waals surface area contributed by atoms with Gasteiger partial charge in [-0.25, -0.2) is 0 Å². The van der Waals surface area contributed by atoms with E-state index < -0.39 is 0 Å². The molecule has 1 N–H and O–H groups in total. The minimum atomic E-state index is 0.356. The molecular weight excluding hydrogens is 242 g/mol. The van der Waals surface area contributed by atoms with Crippen LogP contribution in [0.5, 0.6) is 0 Å². The number of aryl methyl sites for hydroxylation is 1. The first-order valence-electron chi connectivity index (χ1n) is 8.39. The Hall–Kier alpha value is -0.820. The molecule has 20 heavy (non-hydrogen) atoms. The van der Waals surface area contributed by atoms with E-state index in [4.69, 9.17) is 0 Å². The fourth-order valence-corrected chi connectivity index (χ4v) is 3.69. The number of benzene rings is 1. The van der Waals surface area contributed by atoms with Crippen molar-refractivity contribution in [2.45, 2.75) is 71.3 Å². The van der Waals surface area contributed by atoms with Gasteiger partial charge in [0.25, 0.3) is 0 Å².